The third kappa shape index (κ3) is 3.41. The summed E-state index contributed by atoms with van der Waals surface area (Å²) < 4.78 is 5.13. The van der Waals surface area contributed by atoms with E-state index >= 15 is 0 Å². The molecule has 28 heavy (non-hydrogen) atoms. The van der Waals surface area contributed by atoms with Crippen molar-refractivity contribution in [2.75, 3.05) is 33.3 Å². The maximum absolute atomic E-state index is 13.0. The molecule has 1 aromatic heterocycles. The van der Waals surface area contributed by atoms with E-state index in [2.05, 4.69) is 4.98 Å². The zero-order valence-electron chi connectivity index (χ0n) is 15.7. The van der Waals surface area contributed by atoms with Crippen molar-refractivity contribution in [3.8, 4) is 5.75 Å². The van der Waals surface area contributed by atoms with Gasteiger partial charge in [0.25, 0.3) is 11.8 Å². The van der Waals surface area contributed by atoms with Crippen LogP contribution < -0.4 is 4.74 Å². The number of benzene rings is 2. The third-order valence-corrected chi connectivity index (χ3v) is 5.07. The Labute approximate surface area is 163 Å². The molecule has 6 nitrogen and oxygen atoms in total. The van der Waals surface area contributed by atoms with E-state index in [1.54, 1.807) is 47.4 Å². The van der Waals surface area contributed by atoms with E-state index in [1.165, 1.54) is 0 Å². The fourth-order valence-corrected chi connectivity index (χ4v) is 3.49. The zero-order valence-corrected chi connectivity index (χ0v) is 15.7. The molecule has 1 aliphatic heterocycles. The number of aromatic nitrogens is 1. The number of hydrogen-bond acceptors (Lipinski definition) is 4. The van der Waals surface area contributed by atoms with Crippen molar-refractivity contribution in [2.45, 2.75) is 0 Å². The molecule has 3 aromatic rings. The Bertz CT molecular complexity index is 1000. The quantitative estimate of drug-likeness (QED) is 0.706. The predicted molar refractivity (Wildman–Crippen MR) is 107 cm³/mol. The highest BCUT2D eigenvalue weighted by molar-refractivity contribution is 6.06. The van der Waals surface area contributed by atoms with Crippen molar-refractivity contribution in [1.82, 2.24) is 14.8 Å². The first kappa shape index (κ1) is 18.0. The van der Waals surface area contributed by atoms with Crippen LogP contribution in [0, 0.1) is 0 Å². The second-order valence-corrected chi connectivity index (χ2v) is 6.69. The maximum atomic E-state index is 13.0. The highest BCUT2D eigenvalue weighted by Gasteiger charge is 2.26. The third-order valence-electron chi connectivity index (χ3n) is 5.07. The summed E-state index contributed by atoms with van der Waals surface area (Å²) in [5.74, 6) is 0.677. The Morgan fingerprint density at radius 1 is 0.857 bits per heavy atom. The summed E-state index contributed by atoms with van der Waals surface area (Å²) in [6, 6.07) is 16.4. The summed E-state index contributed by atoms with van der Waals surface area (Å²) in [5.41, 5.74) is 2.09. The minimum Gasteiger partial charge on any atom is -0.497 e. The molecule has 2 amide bonds. The van der Waals surface area contributed by atoms with Crippen LogP contribution in [0.15, 0.2) is 60.8 Å². The molecule has 0 N–H and O–H groups in total. The summed E-state index contributed by atoms with van der Waals surface area (Å²) in [7, 11) is 1.60. The fourth-order valence-electron chi connectivity index (χ4n) is 3.49. The number of carbonyl (C=O) groups excluding carboxylic acids is 2. The molecule has 0 aliphatic carbocycles. The molecule has 1 aliphatic rings. The zero-order chi connectivity index (χ0) is 19.5. The van der Waals surface area contributed by atoms with Crippen LogP contribution in [-0.4, -0.2) is 59.9 Å². The number of carbonyl (C=O) groups is 2. The monoisotopic (exact) mass is 375 g/mol. The van der Waals surface area contributed by atoms with Crippen molar-refractivity contribution < 1.29 is 14.3 Å². The van der Waals surface area contributed by atoms with Gasteiger partial charge in [-0.3, -0.25) is 14.6 Å². The molecule has 0 bridgehead atoms. The molecule has 0 radical (unpaired) electrons. The number of rotatable bonds is 3. The van der Waals surface area contributed by atoms with Gasteiger partial charge in [-0.2, -0.15) is 0 Å². The van der Waals surface area contributed by atoms with Crippen molar-refractivity contribution in [2.24, 2.45) is 0 Å². The molecule has 0 atom stereocenters. The first-order valence-electron chi connectivity index (χ1n) is 9.24. The van der Waals surface area contributed by atoms with Gasteiger partial charge in [-0.25, -0.2) is 0 Å². The Morgan fingerprint density at radius 2 is 1.54 bits per heavy atom. The van der Waals surface area contributed by atoms with Crippen LogP contribution in [-0.2, 0) is 0 Å². The summed E-state index contributed by atoms with van der Waals surface area (Å²) in [6.45, 7) is 2.05. The van der Waals surface area contributed by atoms with Crippen molar-refractivity contribution in [3.63, 3.8) is 0 Å². The number of pyridine rings is 1. The van der Waals surface area contributed by atoms with Gasteiger partial charge in [0.1, 0.15) is 5.75 Å². The Balaban J connectivity index is 1.44. The lowest BCUT2D eigenvalue weighted by Gasteiger charge is -2.35. The van der Waals surface area contributed by atoms with Crippen LogP contribution in [0.2, 0.25) is 0 Å². The van der Waals surface area contributed by atoms with Gasteiger partial charge in [0, 0.05) is 48.9 Å². The van der Waals surface area contributed by atoms with Gasteiger partial charge in [0.2, 0.25) is 0 Å². The maximum Gasteiger partial charge on any atom is 0.254 e. The van der Waals surface area contributed by atoms with Crippen LogP contribution in [0.5, 0.6) is 5.75 Å². The average molecular weight is 375 g/mol. The van der Waals surface area contributed by atoms with Gasteiger partial charge in [-0.05, 0) is 42.5 Å². The standard InChI is InChI=1S/C22H21N3O3/c1-28-17-9-7-16(8-10-17)21(26)24-12-14-25(15-13-24)22(27)19-4-2-6-20-18(19)5-3-11-23-20/h2-11H,12-15H2,1H3. The van der Waals surface area contributed by atoms with E-state index in [9.17, 15) is 9.59 Å². The summed E-state index contributed by atoms with van der Waals surface area (Å²) in [4.78, 5) is 33.6. The predicted octanol–water partition coefficient (Wildman–Crippen LogP) is 2.84. The van der Waals surface area contributed by atoms with Gasteiger partial charge in [0.15, 0.2) is 0 Å². The molecule has 0 saturated carbocycles. The lowest BCUT2D eigenvalue weighted by Crippen LogP contribution is -2.50. The van der Waals surface area contributed by atoms with E-state index < -0.39 is 0 Å². The number of ether oxygens (including phenoxy) is 1. The van der Waals surface area contributed by atoms with Gasteiger partial charge in [-0.1, -0.05) is 12.1 Å². The van der Waals surface area contributed by atoms with Crippen LogP contribution in [0.1, 0.15) is 20.7 Å². The Hall–Kier alpha value is -3.41. The second kappa shape index (κ2) is 7.68. The largest absolute Gasteiger partial charge is 0.497 e. The van der Waals surface area contributed by atoms with Gasteiger partial charge < -0.3 is 14.5 Å². The molecule has 2 heterocycles. The van der Waals surface area contributed by atoms with Gasteiger partial charge in [-0.15, -0.1) is 0 Å². The van der Waals surface area contributed by atoms with E-state index in [4.69, 9.17) is 4.74 Å². The lowest BCUT2D eigenvalue weighted by molar-refractivity contribution is 0.0536. The molecular weight excluding hydrogens is 354 g/mol. The topological polar surface area (TPSA) is 62.7 Å². The van der Waals surface area contributed by atoms with E-state index in [-0.39, 0.29) is 11.8 Å². The lowest BCUT2D eigenvalue weighted by atomic mass is 10.1. The molecule has 0 unspecified atom stereocenters. The molecule has 2 aromatic carbocycles. The average Bonchev–Trinajstić information content (AvgIpc) is 2.78. The number of fused-ring (bicyclic) bond motifs is 1. The molecule has 1 fully saturated rings. The van der Waals surface area contributed by atoms with E-state index in [0.29, 0.717) is 37.3 Å². The summed E-state index contributed by atoms with van der Waals surface area (Å²) in [5, 5.41) is 0.853. The van der Waals surface area contributed by atoms with Crippen LogP contribution in [0.3, 0.4) is 0 Å². The fraction of sp³-hybridized carbons (Fsp3) is 0.227. The molecular formula is C22H21N3O3. The molecule has 142 valence electrons. The first-order chi connectivity index (χ1) is 13.7. The van der Waals surface area contributed by atoms with E-state index in [0.717, 1.165) is 16.7 Å². The highest BCUT2D eigenvalue weighted by atomic mass is 16.5. The van der Waals surface area contributed by atoms with E-state index in [1.807, 2.05) is 30.3 Å². The minimum absolute atomic E-state index is 0.0184. The number of piperazine rings is 1. The smallest absolute Gasteiger partial charge is 0.254 e. The van der Waals surface area contributed by atoms with Gasteiger partial charge >= 0.3 is 0 Å². The molecule has 6 heteroatoms. The molecule has 1 saturated heterocycles. The highest BCUT2D eigenvalue weighted by Crippen LogP contribution is 2.20. The molecule has 4 rings (SSSR count). The van der Waals surface area contributed by atoms with Crippen LogP contribution >= 0.6 is 0 Å². The van der Waals surface area contributed by atoms with Gasteiger partial charge in [0.05, 0.1) is 12.6 Å². The molecule has 0 spiro atoms. The number of nitrogens with zero attached hydrogens (tertiary/aromatic N) is 3. The van der Waals surface area contributed by atoms with Crippen LogP contribution in [0.25, 0.3) is 10.9 Å². The van der Waals surface area contributed by atoms with Crippen LogP contribution in [0.4, 0.5) is 0 Å². The normalized spacial score (nSPS) is 14.2. The Morgan fingerprint density at radius 3 is 2.21 bits per heavy atom. The second-order valence-electron chi connectivity index (χ2n) is 6.69. The number of amides is 2. The summed E-state index contributed by atoms with van der Waals surface area (Å²) in [6.07, 6.45) is 1.72. The SMILES string of the molecule is COc1ccc(C(=O)N2CCN(C(=O)c3cccc4ncccc34)CC2)cc1. The van der Waals surface area contributed by atoms with Crippen molar-refractivity contribution in [3.05, 3.63) is 71.9 Å². The Kier molecular flexibility index (Phi) is 4.93. The van der Waals surface area contributed by atoms with Crippen molar-refractivity contribution >= 4 is 22.7 Å². The summed E-state index contributed by atoms with van der Waals surface area (Å²) >= 11 is 0. The first-order valence-corrected chi connectivity index (χ1v) is 9.24. The number of hydrogen-bond donors (Lipinski definition) is 0. The number of methoxy groups -OCH3 is 1. The minimum atomic E-state index is -0.0240. The van der Waals surface area contributed by atoms with Crippen molar-refractivity contribution in [1.29, 1.82) is 0 Å².